The first-order valence-corrected chi connectivity index (χ1v) is 12.7. The van der Waals surface area contributed by atoms with E-state index in [4.69, 9.17) is 4.74 Å². The number of para-hydroxylation sites is 2. The highest BCUT2D eigenvalue weighted by Crippen LogP contribution is 2.49. The average Bonchev–Trinajstić information content (AvgIpc) is 2.83. The minimum absolute atomic E-state index is 0.105. The smallest absolute Gasteiger partial charge is 0.278 e. The Bertz CT molecular complexity index is 1250. The molecule has 1 aromatic heterocycles. The van der Waals surface area contributed by atoms with Crippen LogP contribution >= 0.6 is 0 Å². The first-order valence-electron chi connectivity index (χ1n) is 11.3. The van der Waals surface area contributed by atoms with Gasteiger partial charge in [-0.25, -0.2) is 9.97 Å². The predicted octanol–water partition coefficient (Wildman–Crippen LogP) is 5.43. The second-order valence-electron chi connectivity index (χ2n) is 8.18. The summed E-state index contributed by atoms with van der Waals surface area (Å²) in [5.74, 6) is 1.61. The van der Waals surface area contributed by atoms with Crippen LogP contribution in [-0.2, 0) is 27.7 Å². The molecule has 0 radical (unpaired) electrons. The lowest BCUT2D eigenvalue weighted by molar-refractivity contribution is 0.393. The van der Waals surface area contributed by atoms with E-state index in [1.54, 1.807) is 13.0 Å². The summed E-state index contributed by atoms with van der Waals surface area (Å²) in [5, 5.41) is 0. The van der Waals surface area contributed by atoms with Crippen LogP contribution in [0.5, 0.6) is 11.5 Å². The Balaban J connectivity index is 1.82. The SMILES string of the molecule is CCc1cc(CC)c2c(c1)N(CCC(CC)(c1ncccn1)S(=O)(=O)O)c1ccccc1O2. The molecule has 2 heterocycles. The summed E-state index contributed by atoms with van der Waals surface area (Å²) in [6.07, 6.45) is 4.93. The first-order chi connectivity index (χ1) is 15.8. The predicted molar refractivity (Wildman–Crippen MR) is 129 cm³/mol. The molecule has 1 aliphatic rings. The number of nitrogens with zero attached hydrogens (tertiary/aromatic N) is 3. The van der Waals surface area contributed by atoms with E-state index in [-0.39, 0.29) is 18.7 Å². The number of hydrogen-bond acceptors (Lipinski definition) is 6. The standard InChI is InChI=1S/C25H29N3O4S/c1-4-18-16-19(5-2)23-21(17-18)28(20-10-7-8-11-22(20)32-23)15-12-25(6-3,33(29,30)31)24-26-13-9-14-27-24/h7-11,13-14,16-17H,4-6,12,15H2,1-3H3,(H,29,30,31). The van der Waals surface area contributed by atoms with Crippen molar-refractivity contribution in [3.05, 3.63) is 71.8 Å². The molecule has 0 spiro atoms. The molecular weight excluding hydrogens is 438 g/mol. The lowest BCUT2D eigenvalue weighted by Gasteiger charge is -2.37. The van der Waals surface area contributed by atoms with E-state index >= 15 is 0 Å². The van der Waals surface area contributed by atoms with Gasteiger partial charge in [-0.15, -0.1) is 0 Å². The van der Waals surface area contributed by atoms with Gasteiger partial charge in [-0.1, -0.05) is 39.0 Å². The van der Waals surface area contributed by atoms with Gasteiger partial charge in [0.2, 0.25) is 0 Å². The van der Waals surface area contributed by atoms with Gasteiger partial charge < -0.3 is 9.64 Å². The molecule has 7 nitrogen and oxygen atoms in total. The maximum atomic E-state index is 12.7. The van der Waals surface area contributed by atoms with Crippen molar-refractivity contribution in [3.8, 4) is 11.5 Å². The van der Waals surface area contributed by atoms with Gasteiger partial charge in [0.05, 0.1) is 11.4 Å². The Morgan fingerprint density at radius 3 is 2.36 bits per heavy atom. The molecule has 0 aliphatic carbocycles. The van der Waals surface area contributed by atoms with Crippen molar-refractivity contribution < 1.29 is 17.7 Å². The summed E-state index contributed by atoms with van der Waals surface area (Å²) >= 11 is 0. The largest absolute Gasteiger partial charge is 0.453 e. The van der Waals surface area contributed by atoms with E-state index in [1.165, 1.54) is 18.0 Å². The first kappa shape index (κ1) is 23.2. The van der Waals surface area contributed by atoms with Gasteiger partial charge in [-0.05, 0) is 61.1 Å². The number of fused-ring (bicyclic) bond motifs is 2. The third kappa shape index (κ3) is 4.09. The van der Waals surface area contributed by atoms with Gasteiger partial charge in [0.15, 0.2) is 22.1 Å². The van der Waals surface area contributed by atoms with Crippen LogP contribution < -0.4 is 9.64 Å². The summed E-state index contributed by atoms with van der Waals surface area (Å²) in [7, 11) is -4.49. The fraction of sp³-hybridized carbons (Fsp3) is 0.360. The number of benzene rings is 2. The molecule has 4 rings (SSSR count). The molecule has 0 saturated carbocycles. The molecule has 8 heteroatoms. The zero-order chi connectivity index (χ0) is 23.6. The molecule has 0 amide bonds. The highest BCUT2D eigenvalue weighted by molar-refractivity contribution is 7.86. The van der Waals surface area contributed by atoms with Crippen LogP contribution in [0.1, 0.15) is 50.6 Å². The molecular formula is C25H29N3O4S. The second kappa shape index (κ2) is 9.11. The number of aryl methyl sites for hydroxylation is 2. The van der Waals surface area contributed by atoms with Gasteiger partial charge in [0.25, 0.3) is 10.1 Å². The Hall–Kier alpha value is -2.97. The van der Waals surface area contributed by atoms with Crippen molar-refractivity contribution in [3.63, 3.8) is 0 Å². The number of anilines is 2. The van der Waals surface area contributed by atoms with Gasteiger partial charge >= 0.3 is 0 Å². The molecule has 3 aromatic rings. The highest BCUT2D eigenvalue weighted by atomic mass is 32.2. The third-order valence-electron chi connectivity index (χ3n) is 6.43. The summed E-state index contributed by atoms with van der Waals surface area (Å²) in [6, 6.07) is 13.6. The van der Waals surface area contributed by atoms with Crippen LogP contribution in [0, 0.1) is 0 Å². The molecule has 1 N–H and O–H groups in total. The van der Waals surface area contributed by atoms with Crippen molar-refractivity contribution in [2.24, 2.45) is 0 Å². The van der Waals surface area contributed by atoms with Crippen LogP contribution in [0.2, 0.25) is 0 Å². The van der Waals surface area contributed by atoms with Crippen molar-refractivity contribution in [2.75, 3.05) is 11.4 Å². The quantitative estimate of drug-likeness (QED) is 0.442. The fourth-order valence-corrected chi connectivity index (χ4v) is 5.52. The zero-order valence-electron chi connectivity index (χ0n) is 19.2. The van der Waals surface area contributed by atoms with Gasteiger partial charge in [-0.2, -0.15) is 8.42 Å². The van der Waals surface area contributed by atoms with Crippen molar-refractivity contribution in [2.45, 2.75) is 51.2 Å². The number of rotatable bonds is 8. The molecule has 1 unspecified atom stereocenters. The van der Waals surface area contributed by atoms with Crippen molar-refractivity contribution in [1.82, 2.24) is 9.97 Å². The van der Waals surface area contributed by atoms with Crippen LogP contribution in [0.4, 0.5) is 11.4 Å². The van der Waals surface area contributed by atoms with Gasteiger partial charge in [0, 0.05) is 18.9 Å². The van der Waals surface area contributed by atoms with E-state index in [0.29, 0.717) is 12.3 Å². The van der Waals surface area contributed by atoms with E-state index < -0.39 is 14.9 Å². The fourth-order valence-electron chi connectivity index (χ4n) is 4.47. The molecule has 0 fully saturated rings. The molecule has 0 saturated heterocycles. The third-order valence-corrected chi connectivity index (χ3v) is 8.09. The van der Waals surface area contributed by atoms with Crippen LogP contribution in [0.15, 0.2) is 54.9 Å². The summed E-state index contributed by atoms with van der Waals surface area (Å²) in [6.45, 7) is 6.26. The summed E-state index contributed by atoms with van der Waals surface area (Å²) in [4.78, 5) is 10.5. The highest BCUT2D eigenvalue weighted by Gasteiger charge is 2.46. The summed E-state index contributed by atoms with van der Waals surface area (Å²) < 4.78 is 40.4. The molecule has 0 bridgehead atoms. The maximum absolute atomic E-state index is 12.7. The average molecular weight is 468 g/mol. The Labute approximate surface area is 195 Å². The van der Waals surface area contributed by atoms with E-state index in [2.05, 4.69) is 40.8 Å². The topological polar surface area (TPSA) is 92.6 Å². The van der Waals surface area contributed by atoms with E-state index in [9.17, 15) is 13.0 Å². The zero-order valence-corrected chi connectivity index (χ0v) is 20.0. The van der Waals surface area contributed by atoms with Crippen LogP contribution in [-0.4, -0.2) is 29.5 Å². The van der Waals surface area contributed by atoms with Crippen LogP contribution in [0.3, 0.4) is 0 Å². The molecule has 33 heavy (non-hydrogen) atoms. The summed E-state index contributed by atoms with van der Waals surface area (Å²) in [5.41, 5.74) is 4.04. The number of aromatic nitrogens is 2. The maximum Gasteiger partial charge on any atom is 0.278 e. The monoisotopic (exact) mass is 467 g/mol. The van der Waals surface area contributed by atoms with Gasteiger partial charge in [0.1, 0.15) is 0 Å². The lowest BCUT2D eigenvalue weighted by Crippen LogP contribution is -2.40. The minimum Gasteiger partial charge on any atom is -0.453 e. The Kier molecular flexibility index (Phi) is 6.41. The normalized spacial score (nSPS) is 14.7. The second-order valence-corrected chi connectivity index (χ2v) is 9.91. The van der Waals surface area contributed by atoms with E-state index in [0.717, 1.165) is 35.5 Å². The molecule has 1 aliphatic heterocycles. The molecule has 1 atom stereocenters. The Morgan fingerprint density at radius 2 is 1.73 bits per heavy atom. The lowest BCUT2D eigenvalue weighted by atomic mass is 9.97. The minimum atomic E-state index is -4.49. The molecule has 2 aromatic carbocycles. The van der Waals surface area contributed by atoms with Crippen molar-refractivity contribution >= 4 is 21.5 Å². The van der Waals surface area contributed by atoms with Gasteiger partial charge in [-0.3, -0.25) is 4.55 Å². The van der Waals surface area contributed by atoms with Crippen molar-refractivity contribution in [1.29, 1.82) is 0 Å². The Morgan fingerprint density at radius 1 is 1.00 bits per heavy atom. The van der Waals surface area contributed by atoms with E-state index in [1.807, 2.05) is 24.3 Å². The number of ether oxygens (including phenoxy) is 1. The number of hydrogen-bond donors (Lipinski definition) is 1. The van der Waals surface area contributed by atoms with Crippen LogP contribution in [0.25, 0.3) is 0 Å². The molecule has 174 valence electrons.